The average molecular weight is 338 g/mol. The van der Waals surface area contributed by atoms with Gasteiger partial charge in [0.05, 0.1) is 10.7 Å². The monoisotopic (exact) mass is 337 g/mol. The van der Waals surface area contributed by atoms with Gasteiger partial charge < -0.3 is 16.0 Å². The number of anilines is 1. The van der Waals surface area contributed by atoms with E-state index in [0.717, 1.165) is 12.8 Å². The second-order valence-electron chi connectivity index (χ2n) is 6.46. The molecule has 1 fully saturated rings. The normalized spacial score (nSPS) is 20.6. The number of halogens is 1. The SMILES string of the molecule is CC(C)N(C)C(=O)c1ccc(Cl)c(NC(=O)C2CCC(N)C2)c1. The van der Waals surface area contributed by atoms with Crippen LogP contribution in [0.15, 0.2) is 18.2 Å². The van der Waals surface area contributed by atoms with Crippen molar-refractivity contribution in [1.29, 1.82) is 0 Å². The van der Waals surface area contributed by atoms with Gasteiger partial charge in [0.1, 0.15) is 0 Å². The van der Waals surface area contributed by atoms with Crippen molar-refractivity contribution in [3.8, 4) is 0 Å². The van der Waals surface area contributed by atoms with Crippen molar-refractivity contribution in [2.24, 2.45) is 11.7 Å². The third kappa shape index (κ3) is 4.24. The summed E-state index contributed by atoms with van der Waals surface area (Å²) in [7, 11) is 1.75. The Kier molecular flexibility index (Phi) is 5.65. The molecule has 1 aromatic rings. The van der Waals surface area contributed by atoms with Crippen LogP contribution in [0.5, 0.6) is 0 Å². The average Bonchev–Trinajstić information content (AvgIpc) is 2.94. The molecule has 5 nitrogen and oxygen atoms in total. The van der Waals surface area contributed by atoms with Gasteiger partial charge in [0.15, 0.2) is 0 Å². The molecule has 0 aromatic heterocycles. The standard InChI is InChI=1S/C17H24ClN3O2/c1-10(2)21(3)17(23)12-5-7-14(18)15(9-12)20-16(22)11-4-6-13(19)8-11/h5,7,9-11,13H,4,6,8,19H2,1-3H3,(H,20,22). The quantitative estimate of drug-likeness (QED) is 0.887. The first-order valence-corrected chi connectivity index (χ1v) is 8.30. The molecule has 23 heavy (non-hydrogen) atoms. The van der Waals surface area contributed by atoms with E-state index in [-0.39, 0.29) is 29.8 Å². The molecule has 0 heterocycles. The Morgan fingerprint density at radius 2 is 2.04 bits per heavy atom. The smallest absolute Gasteiger partial charge is 0.253 e. The summed E-state index contributed by atoms with van der Waals surface area (Å²) in [5.74, 6) is -0.268. The highest BCUT2D eigenvalue weighted by Crippen LogP contribution is 2.28. The van der Waals surface area contributed by atoms with Crippen molar-refractivity contribution >= 4 is 29.1 Å². The topological polar surface area (TPSA) is 75.4 Å². The highest BCUT2D eigenvalue weighted by Gasteiger charge is 2.28. The van der Waals surface area contributed by atoms with E-state index in [0.29, 0.717) is 22.7 Å². The molecule has 2 rings (SSSR count). The van der Waals surface area contributed by atoms with Crippen molar-refractivity contribution in [2.75, 3.05) is 12.4 Å². The van der Waals surface area contributed by atoms with E-state index in [9.17, 15) is 9.59 Å². The zero-order valence-corrected chi connectivity index (χ0v) is 14.6. The summed E-state index contributed by atoms with van der Waals surface area (Å²) in [6.07, 6.45) is 2.35. The molecule has 1 aliphatic carbocycles. The Balaban J connectivity index is 2.14. The lowest BCUT2D eigenvalue weighted by Gasteiger charge is -2.22. The number of carbonyl (C=O) groups excluding carboxylic acids is 2. The number of hydrogen-bond donors (Lipinski definition) is 2. The van der Waals surface area contributed by atoms with Crippen LogP contribution in [-0.4, -0.2) is 35.8 Å². The first-order chi connectivity index (χ1) is 10.8. The molecular formula is C17H24ClN3O2. The molecule has 0 radical (unpaired) electrons. The highest BCUT2D eigenvalue weighted by molar-refractivity contribution is 6.33. The molecule has 1 aromatic carbocycles. The van der Waals surface area contributed by atoms with E-state index in [4.69, 9.17) is 17.3 Å². The van der Waals surface area contributed by atoms with Crippen LogP contribution in [0.1, 0.15) is 43.5 Å². The van der Waals surface area contributed by atoms with Gasteiger partial charge in [-0.2, -0.15) is 0 Å². The molecule has 2 amide bonds. The molecule has 0 aliphatic heterocycles. The molecule has 0 saturated heterocycles. The fraction of sp³-hybridized carbons (Fsp3) is 0.529. The maximum absolute atomic E-state index is 12.4. The lowest BCUT2D eigenvalue weighted by molar-refractivity contribution is -0.119. The number of nitrogens with two attached hydrogens (primary N) is 1. The van der Waals surface area contributed by atoms with Crippen molar-refractivity contribution in [2.45, 2.75) is 45.2 Å². The molecular weight excluding hydrogens is 314 g/mol. The lowest BCUT2D eigenvalue weighted by Crippen LogP contribution is -2.33. The van der Waals surface area contributed by atoms with E-state index in [1.165, 1.54) is 0 Å². The number of amides is 2. The number of nitrogens with one attached hydrogen (secondary N) is 1. The van der Waals surface area contributed by atoms with Gasteiger partial charge in [0.25, 0.3) is 5.91 Å². The first-order valence-electron chi connectivity index (χ1n) is 7.92. The zero-order valence-electron chi connectivity index (χ0n) is 13.8. The summed E-state index contributed by atoms with van der Waals surface area (Å²) in [6.45, 7) is 3.89. The number of benzene rings is 1. The number of rotatable bonds is 4. The van der Waals surface area contributed by atoms with Crippen LogP contribution in [0, 0.1) is 5.92 Å². The maximum atomic E-state index is 12.4. The van der Waals surface area contributed by atoms with Crippen molar-refractivity contribution in [1.82, 2.24) is 4.90 Å². The minimum absolute atomic E-state index is 0.0818. The van der Waals surface area contributed by atoms with Gasteiger partial charge in [-0.05, 0) is 51.3 Å². The Morgan fingerprint density at radius 1 is 1.35 bits per heavy atom. The van der Waals surface area contributed by atoms with Gasteiger partial charge in [0, 0.05) is 30.6 Å². The predicted octanol–water partition coefficient (Wildman–Crippen LogP) is 2.89. The van der Waals surface area contributed by atoms with Crippen molar-refractivity contribution in [3.05, 3.63) is 28.8 Å². The van der Waals surface area contributed by atoms with Crippen LogP contribution >= 0.6 is 11.6 Å². The fourth-order valence-electron chi connectivity index (χ4n) is 2.68. The Bertz CT molecular complexity index is 604. The second kappa shape index (κ2) is 7.32. The molecule has 0 spiro atoms. The highest BCUT2D eigenvalue weighted by atomic mass is 35.5. The molecule has 6 heteroatoms. The van der Waals surface area contributed by atoms with Gasteiger partial charge in [-0.3, -0.25) is 9.59 Å². The van der Waals surface area contributed by atoms with Crippen LogP contribution in [-0.2, 0) is 4.79 Å². The Hall–Kier alpha value is -1.59. The predicted molar refractivity (Wildman–Crippen MR) is 92.6 cm³/mol. The molecule has 1 aliphatic rings. The minimum Gasteiger partial charge on any atom is -0.339 e. The van der Waals surface area contributed by atoms with E-state index in [1.807, 2.05) is 13.8 Å². The van der Waals surface area contributed by atoms with Crippen molar-refractivity contribution in [3.63, 3.8) is 0 Å². The van der Waals surface area contributed by atoms with Gasteiger partial charge >= 0.3 is 0 Å². The molecule has 3 N–H and O–H groups in total. The number of carbonyl (C=O) groups is 2. The maximum Gasteiger partial charge on any atom is 0.253 e. The van der Waals surface area contributed by atoms with Crippen LogP contribution in [0.25, 0.3) is 0 Å². The zero-order chi connectivity index (χ0) is 17.1. The van der Waals surface area contributed by atoms with Gasteiger partial charge in [-0.1, -0.05) is 11.6 Å². The summed E-state index contributed by atoms with van der Waals surface area (Å²) < 4.78 is 0. The first kappa shape index (κ1) is 17.8. The van der Waals surface area contributed by atoms with E-state index < -0.39 is 0 Å². The second-order valence-corrected chi connectivity index (χ2v) is 6.87. The summed E-state index contributed by atoms with van der Waals surface area (Å²) >= 11 is 6.16. The van der Waals surface area contributed by atoms with Crippen molar-refractivity contribution < 1.29 is 9.59 Å². The van der Waals surface area contributed by atoms with Gasteiger partial charge in [-0.25, -0.2) is 0 Å². The summed E-state index contributed by atoms with van der Waals surface area (Å²) in [6, 6.07) is 5.13. The molecule has 0 bridgehead atoms. The van der Waals surface area contributed by atoms with Gasteiger partial charge in [0.2, 0.25) is 5.91 Å². The Labute approximate surface area is 142 Å². The van der Waals surface area contributed by atoms with E-state index in [2.05, 4.69) is 5.32 Å². The van der Waals surface area contributed by atoms with Crippen LogP contribution in [0.2, 0.25) is 5.02 Å². The van der Waals surface area contributed by atoms with E-state index in [1.54, 1.807) is 30.1 Å². The van der Waals surface area contributed by atoms with Crippen LogP contribution in [0.4, 0.5) is 5.69 Å². The molecule has 126 valence electrons. The molecule has 1 saturated carbocycles. The lowest BCUT2D eigenvalue weighted by atomic mass is 10.1. The summed E-state index contributed by atoms with van der Waals surface area (Å²) in [5, 5.41) is 3.26. The van der Waals surface area contributed by atoms with Gasteiger partial charge in [-0.15, -0.1) is 0 Å². The van der Waals surface area contributed by atoms with Crippen LogP contribution in [0.3, 0.4) is 0 Å². The Morgan fingerprint density at radius 3 is 2.61 bits per heavy atom. The summed E-state index contributed by atoms with van der Waals surface area (Å²) in [4.78, 5) is 26.3. The number of nitrogens with zero attached hydrogens (tertiary/aromatic N) is 1. The van der Waals surface area contributed by atoms with E-state index >= 15 is 0 Å². The van der Waals surface area contributed by atoms with Crippen LogP contribution < -0.4 is 11.1 Å². The third-order valence-corrected chi connectivity index (χ3v) is 4.74. The minimum atomic E-state index is -0.102. The fourth-order valence-corrected chi connectivity index (χ4v) is 2.85. The number of hydrogen-bond acceptors (Lipinski definition) is 3. The molecule has 2 unspecified atom stereocenters. The summed E-state index contributed by atoms with van der Waals surface area (Å²) in [5.41, 5.74) is 6.83. The molecule has 2 atom stereocenters. The third-order valence-electron chi connectivity index (χ3n) is 4.41. The largest absolute Gasteiger partial charge is 0.339 e.